The summed E-state index contributed by atoms with van der Waals surface area (Å²) in [4.78, 5) is 10.5. The Morgan fingerprint density at radius 2 is 1.73 bits per heavy atom. The standard InChI is InChI=1S/C10H6BrF3O/c11-8-4-1-7(2-5-8)3-6-9(15)10(12,13)14/h1-6H/b6-3+. The lowest BCUT2D eigenvalue weighted by molar-refractivity contribution is -0.165. The molecule has 80 valence electrons. The van der Waals surface area contributed by atoms with Crippen LogP contribution in [0.4, 0.5) is 13.2 Å². The molecule has 0 atom stereocenters. The van der Waals surface area contributed by atoms with Crippen LogP contribution in [0.1, 0.15) is 5.56 Å². The van der Waals surface area contributed by atoms with Gasteiger partial charge in [-0.3, -0.25) is 4.79 Å². The minimum Gasteiger partial charge on any atom is -0.285 e. The molecule has 0 spiro atoms. The van der Waals surface area contributed by atoms with Crippen LogP contribution in [0.2, 0.25) is 0 Å². The van der Waals surface area contributed by atoms with Gasteiger partial charge in [-0.1, -0.05) is 34.1 Å². The summed E-state index contributed by atoms with van der Waals surface area (Å²) in [5.74, 6) is -1.86. The normalized spacial score (nSPS) is 12.0. The van der Waals surface area contributed by atoms with Gasteiger partial charge in [-0.2, -0.15) is 13.2 Å². The van der Waals surface area contributed by atoms with Crippen LogP contribution in [-0.4, -0.2) is 12.0 Å². The highest BCUT2D eigenvalue weighted by atomic mass is 79.9. The molecule has 0 saturated carbocycles. The molecule has 0 bridgehead atoms. The van der Waals surface area contributed by atoms with Gasteiger partial charge in [0.25, 0.3) is 5.78 Å². The maximum absolute atomic E-state index is 11.8. The van der Waals surface area contributed by atoms with Gasteiger partial charge >= 0.3 is 6.18 Å². The van der Waals surface area contributed by atoms with E-state index in [1.807, 2.05) is 0 Å². The number of hydrogen-bond donors (Lipinski definition) is 0. The molecule has 0 heterocycles. The molecule has 0 saturated heterocycles. The largest absolute Gasteiger partial charge is 0.454 e. The summed E-state index contributed by atoms with van der Waals surface area (Å²) in [6.45, 7) is 0. The maximum Gasteiger partial charge on any atom is 0.454 e. The minimum absolute atomic E-state index is 0.517. The molecule has 15 heavy (non-hydrogen) atoms. The van der Waals surface area contributed by atoms with Gasteiger partial charge in [-0.15, -0.1) is 0 Å². The van der Waals surface area contributed by atoms with Crippen molar-refractivity contribution in [3.8, 4) is 0 Å². The zero-order valence-electron chi connectivity index (χ0n) is 7.38. The van der Waals surface area contributed by atoms with E-state index in [1.165, 1.54) is 0 Å². The Morgan fingerprint density at radius 3 is 2.20 bits per heavy atom. The first-order valence-corrected chi connectivity index (χ1v) is 4.74. The summed E-state index contributed by atoms with van der Waals surface area (Å²) >= 11 is 3.19. The Hall–Kier alpha value is -1.10. The molecule has 1 rings (SSSR count). The quantitative estimate of drug-likeness (QED) is 0.756. The van der Waals surface area contributed by atoms with Crippen LogP contribution in [0.15, 0.2) is 34.8 Å². The van der Waals surface area contributed by atoms with Gasteiger partial charge in [0.1, 0.15) is 0 Å². The van der Waals surface area contributed by atoms with E-state index in [1.54, 1.807) is 24.3 Å². The zero-order valence-corrected chi connectivity index (χ0v) is 8.97. The van der Waals surface area contributed by atoms with Gasteiger partial charge in [0.05, 0.1) is 0 Å². The lowest BCUT2D eigenvalue weighted by Gasteiger charge is -1.99. The molecule has 1 aromatic rings. The van der Waals surface area contributed by atoms with Crippen LogP contribution in [-0.2, 0) is 4.79 Å². The zero-order chi connectivity index (χ0) is 11.5. The number of rotatable bonds is 2. The van der Waals surface area contributed by atoms with Crippen molar-refractivity contribution >= 4 is 27.8 Å². The van der Waals surface area contributed by atoms with Gasteiger partial charge in [0.2, 0.25) is 0 Å². The third kappa shape index (κ3) is 3.87. The van der Waals surface area contributed by atoms with Crippen molar-refractivity contribution in [3.63, 3.8) is 0 Å². The average Bonchev–Trinajstić information content (AvgIpc) is 2.15. The van der Waals surface area contributed by atoms with Gasteiger partial charge < -0.3 is 0 Å². The van der Waals surface area contributed by atoms with E-state index in [9.17, 15) is 18.0 Å². The van der Waals surface area contributed by atoms with Crippen LogP contribution in [0.3, 0.4) is 0 Å². The number of carbonyl (C=O) groups is 1. The van der Waals surface area contributed by atoms with E-state index in [0.29, 0.717) is 11.6 Å². The lowest BCUT2D eigenvalue weighted by Crippen LogP contribution is -2.19. The summed E-state index contributed by atoms with van der Waals surface area (Å²) < 4.78 is 36.2. The van der Waals surface area contributed by atoms with Gasteiger partial charge in [0.15, 0.2) is 0 Å². The molecule has 0 aromatic heterocycles. The van der Waals surface area contributed by atoms with Gasteiger partial charge in [-0.05, 0) is 23.8 Å². The first kappa shape index (κ1) is 12.0. The summed E-state index contributed by atoms with van der Waals surface area (Å²) in [5, 5.41) is 0. The van der Waals surface area contributed by atoms with Crippen molar-refractivity contribution in [1.82, 2.24) is 0 Å². The van der Waals surface area contributed by atoms with E-state index < -0.39 is 12.0 Å². The number of ketones is 1. The SMILES string of the molecule is O=C(/C=C/c1ccc(Br)cc1)C(F)(F)F. The number of benzene rings is 1. The fourth-order valence-corrected chi connectivity index (χ4v) is 1.10. The monoisotopic (exact) mass is 278 g/mol. The van der Waals surface area contributed by atoms with Crippen molar-refractivity contribution in [2.45, 2.75) is 6.18 Å². The Kier molecular flexibility index (Phi) is 3.68. The van der Waals surface area contributed by atoms with Crippen LogP contribution in [0, 0.1) is 0 Å². The Morgan fingerprint density at radius 1 is 1.20 bits per heavy atom. The lowest BCUT2D eigenvalue weighted by atomic mass is 10.2. The molecular formula is C10H6BrF3O. The summed E-state index contributed by atoms with van der Waals surface area (Å²) in [5.41, 5.74) is 0.538. The molecule has 0 amide bonds. The predicted octanol–water partition coefficient (Wildman–Crippen LogP) is 3.59. The second-order valence-electron chi connectivity index (χ2n) is 2.75. The second-order valence-corrected chi connectivity index (χ2v) is 3.66. The third-order valence-corrected chi connectivity index (χ3v) is 2.11. The topological polar surface area (TPSA) is 17.1 Å². The molecule has 0 aliphatic rings. The van der Waals surface area contributed by atoms with Crippen molar-refractivity contribution in [2.75, 3.05) is 0 Å². The first-order chi connectivity index (χ1) is 6.89. The minimum atomic E-state index is -4.80. The molecule has 0 unspecified atom stereocenters. The highest BCUT2D eigenvalue weighted by Gasteiger charge is 2.35. The number of allylic oxidation sites excluding steroid dienone is 1. The Balaban J connectivity index is 2.74. The highest BCUT2D eigenvalue weighted by Crippen LogP contribution is 2.17. The first-order valence-electron chi connectivity index (χ1n) is 3.94. The molecule has 1 nitrogen and oxygen atoms in total. The summed E-state index contributed by atoms with van der Waals surface area (Å²) in [6, 6.07) is 6.56. The van der Waals surface area contributed by atoms with Crippen LogP contribution >= 0.6 is 15.9 Å². The van der Waals surface area contributed by atoms with Crippen LogP contribution in [0.5, 0.6) is 0 Å². The molecule has 0 aliphatic heterocycles. The van der Waals surface area contributed by atoms with E-state index in [0.717, 1.165) is 10.5 Å². The van der Waals surface area contributed by atoms with E-state index in [2.05, 4.69) is 15.9 Å². The van der Waals surface area contributed by atoms with Crippen molar-refractivity contribution < 1.29 is 18.0 Å². The Bertz CT molecular complexity index is 379. The van der Waals surface area contributed by atoms with E-state index >= 15 is 0 Å². The summed E-state index contributed by atoms with van der Waals surface area (Å²) in [7, 11) is 0. The summed E-state index contributed by atoms with van der Waals surface area (Å²) in [6.07, 6.45) is -3.16. The molecule has 0 aliphatic carbocycles. The van der Waals surface area contributed by atoms with Crippen molar-refractivity contribution in [1.29, 1.82) is 0 Å². The number of halogens is 4. The average molecular weight is 279 g/mol. The predicted molar refractivity (Wildman–Crippen MR) is 54.2 cm³/mol. The Labute approximate surface area is 92.7 Å². The number of hydrogen-bond acceptors (Lipinski definition) is 1. The molecular weight excluding hydrogens is 273 g/mol. The second kappa shape index (κ2) is 4.61. The molecule has 0 radical (unpaired) electrons. The van der Waals surface area contributed by atoms with Gasteiger partial charge in [0, 0.05) is 4.47 Å². The highest BCUT2D eigenvalue weighted by molar-refractivity contribution is 9.10. The van der Waals surface area contributed by atoms with Crippen molar-refractivity contribution in [2.24, 2.45) is 0 Å². The number of carbonyl (C=O) groups excluding carboxylic acids is 1. The van der Waals surface area contributed by atoms with E-state index in [4.69, 9.17) is 0 Å². The van der Waals surface area contributed by atoms with Crippen molar-refractivity contribution in [3.05, 3.63) is 40.4 Å². The third-order valence-electron chi connectivity index (χ3n) is 1.58. The molecule has 5 heteroatoms. The van der Waals surface area contributed by atoms with Gasteiger partial charge in [-0.25, -0.2) is 0 Å². The molecule has 0 N–H and O–H groups in total. The molecule has 0 fully saturated rings. The maximum atomic E-state index is 11.8. The smallest absolute Gasteiger partial charge is 0.285 e. The number of alkyl halides is 3. The van der Waals surface area contributed by atoms with Crippen LogP contribution < -0.4 is 0 Å². The van der Waals surface area contributed by atoms with E-state index in [-0.39, 0.29) is 0 Å². The molecule has 1 aromatic carbocycles. The van der Waals surface area contributed by atoms with Crippen LogP contribution in [0.25, 0.3) is 6.08 Å². The fourth-order valence-electron chi connectivity index (χ4n) is 0.840. The fraction of sp³-hybridized carbons (Fsp3) is 0.100.